The predicted molar refractivity (Wildman–Crippen MR) is 62.7 cm³/mol. The molecule has 0 spiro atoms. The summed E-state index contributed by atoms with van der Waals surface area (Å²) >= 11 is 0. The second kappa shape index (κ2) is 5.15. The van der Waals surface area contributed by atoms with Gasteiger partial charge in [0.2, 0.25) is 0 Å². The molecule has 2 unspecified atom stereocenters. The minimum absolute atomic E-state index is 0.0552. The number of ether oxygens (including phenoxy) is 1. The first-order valence-corrected chi connectivity index (χ1v) is 5.95. The Hall–Kier alpha value is -1.31. The van der Waals surface area contributed by atoms with E-state index in [1.807, 2.05) is 30.3 Å². The van der Waals surface area contributed by atoms with E-state index in [1.165, 1.54) is 12.8 Å². The van der Waals surface area contributed by atoms with Crippen molar-refractivity contribution in [3.63, 3.8) is 0 Å². The Kier molecular flexibility index (Phi) is 3.60. The summed E-state index contributed by atoms with van der Waals surface area (Å²) in [4.78, 5) is 11.5. The Morgan fingerprint density at radius 2 is 2.06 bits per heavy atom. The minimum atomic E-state index is -0.0552. The number of rotatable bonds is 4. The Bertz CT molecular complexity index is 345. The maximum absolute atomic E-state index is 11.5. The van der Waals surface area contributed by atoms with Gasteiger partial charge in [-0.05, 0) is 23.8 Å². The lowest BCUT2D eigenvalue weighted by Gasteiger charge is -2.32. The highest BCUT2D eigenvalue weighted by molar-refractivity contribution is 5.69. The van der Waals surface area contributed by atoms with Gasteiger partial charge in [0.15, 0.2) is 0 Å². The van der Waals surface area contributed by atoms with Crippen LogP contribution in [0, 0.1) is 11.8 Å². The minimum Gasteiger partial charge on any atom is -0.461 e. The molecule has 86 valence electrons. The van der Waals surface area contributed by atoms with Gasteiger partial charge in [-0.25, -0.2) is 0 Å². The molecule has 1 aliphatic rings. The van der Waals surface area contributed by atoms with Crippen LogP contribution >= 0.6 is 0 Å². The molecule has 1 fully saturated rings. The maximum atomic E-state index is 11.5. The molecular formula is C14H18O2. The summed E-state index contributed by atoms with van der Waals surface area (Å²) in [5, 5.41) is 0. The van der Waals surface area contributed by atoms with Gasteiger partial charge in [-0.3, -0.25) is 4.79 Å². The van der Waals surface area contributed by atoms with Crippen LogP contribution in [0.4, 0.5) is 0 Å². The first kappa shape index (κ1) is 11.2. The molecule has 1 aromatic rings. The summed E-state index contributed by atoms with van der Waals surface area (Å²) in [7, 11) is 0. The van der Waals surface area contributed by atoms with Gasteiger partial charge in [0.05, 0.1) is 0 Å². The molecule has 0 aliphatic heterocycles. The summed E-state index contributed by atoms with van der Waals surface area (Å²) in [5.41, 5.74) is 1.05. The van der Waals surface area contributed by atoms with E-state index in [4.69, 9.17) is 4.74 Å². The molecule has 1 aromatic carbocycles. The van der Waals surface area contributed by atoms with E-state index in [1.54, 1.807) is 0 Å². The number of carbonyl (C=O) groups is 1. The molecule has 0 radical (unpaired) electrons. The van der Waals surface area contributed by atoms with E-state index >= 15 is 0 Å². The molecular weight excluding hydrogens is 200 g/mol. The second-order valence-corrected chi connectivity index (χ2v) is 4.67. The molecule has 0 saturated heterocycles. The molecule has 2 atom stereocenters. The van der Waals surface area contributed by atoms with Gasteiger partial charge in [-0.2, -0.15) is 0 Å². The third kappa shape index (κ3) is 2.84. The average Bonchev–Trinajstić information content (AvgIpc) is 2.33. The molecule has 0 aromatic heterocycles. The van der Waals surface area contributed by atoms with Gasteiger partial charge in [0.1, 0.15) is 6.61 Å². The second-order valence-electron chi connectivity index (χ2n) is 4.67. The van der Waals surface area contributed by atoms with Crippen molar-refractivity contribution < 1.29 is 9.53 Å². The van der Waals surface area contributed by atoms with Crippen LogP contribution in [0.3, 0.4) is 0 Å². The van der Waals surface area contributed by atoms with Crippen LogP contribution < -0.4 is 0 Å². The van der Waals surface area contributed by atoms with Crippen molar-refractivity contribution in [2.24, 2.45) is 11.8 Å². The third-order valence-corrected chi connectivity index (χ3v) is 3.47. The number of esters is 1. The molecule has 0 N–H and O–H groups in total. The van der Waals surface area contributed by atoms with Crippen molar-refractivity contribution >= 4 is 5.97 Å². The predicted octanol–water partition coefficient (Wildman–Crippen LogP) is 3.17. The first-order valence-electron chi connectivity index (χ1n) is 5.95. The smallest absolute Gasteiger partial charge is 0.306 e. The van der Waals surface area contributed by atoms with Crippen LogP contribution in [0.1, 0.15) is 31.7 Å². The van der Waals surface area contributed by atoms with E-state index in [0.717, 1.165) is 5.56 Å². The molecule has 16 heavy (non-hydrogen) atoms. The molecule has 1 saturated carbocycles. The number of carbonyl (C=O) groups excluding carboxylic acids is 1. The maximum Gasteiger partial charge on any atom is 0.306 e. The lowest BCUT2D eigenvalue weighted by molar-refractivity contribution is -0.147. The highest BCUT2D eigenvalue weighted by Gasteiger charge is 2.29. The van der Waals surface area contributed by atoms with Gasteiger partial charge in [0, 0.05) is 6.42 Å². The van der Waals surface area contributed by atoms with Crippen LogP contribution in [0.5, 0.6) is 0 Å². The fourth-order valence-corrected chi connectivity index (χ4v) is 2.05. The first-order chi connectivity index (χ1) is 7.75. The van der Waals surface area contributed by atoms with Crippen LogP contribution in [0.25, 0.3) is 0 Å². The standard InChI is InChI=1S/C14H18O2/c1-11-7-8-13(11)9-14(15)16-10-12-5-3-2-4-6-12/h2-6,11,13H,7-10H2,1H3. The van der Waals surface area contributed by atoms with Crippen molar-refractivity contribution in [2.75, 3.05) is 0 Å². The summed E-state index contributed by atoms with van der Waals surface area (Å²) in [6.45, 7) is 2.61. The van der Waals surface area contributed by atoms with Gasteiger partial charge < -0.3 is 4.74 Å². The van der Waals surface area contributed by atoms with Crippen LogP contribution in [0.15, 0.2) is 30.3 Å². The van der Waals surface area contributed by atoms with Crippen molar-refractivity contribution in [2.45, 2.75) is 32.8 Å². The quantitative estimate of drug-likeness (QED) is 0.725. The molecule has 2 nitrogen and oxygen atoms in total. The Balaban J connectivity index is 1.72. The van der Waals surface area contributed by atoms with Gasteiger partial charge >= 0.3 is 5.97 Å². The molecule has 0 heterocycles. The highest BCUT2D eigenvalue weighted by Crippen LogP contribution is 2.36. The number of hydrogen-bond donors (Lipinski definition) is 0. The lowest BCUT2D eigenvalue weighted by atomic mass is 9.73. The lowest BCUT2D eigenvalue weighted by Crippen LogP contribution is -2.26. The van der Waals surface area contributed by atoms with E-state index in [0.29, 0.717) is 24.9 Å². The van der Waals surface area contributed by atoms with Gasteiger partial charge in [-0.1, -0.05) is 43.7 Å². The Morgan fingerprint density at radius 3 is 2.62 bits per heavy atom. The van der Waals surface area contributed by atoms with Crippen molar-refractivity contribution in [3.05, 3.63) is 35.9 Å². The fraction of sp³-hybridized carbons (Fsp3) is 0.500. The summed E-state index contributed by atoms with van der Waals surface area (Å²) < 4.78 is 5.24. The fourth-order valence-electron chi connectivity index (χ4n) is 2.05. The molecule has 2 rings (SSSR count). The summed E-state index contributed by atoms with van der Waals surface area (Å²) in [5.74, 6) is 1.20. The summed E-state index contributed by atoms with van der Waals surface area (Å²) in [6.07, 6.45) is 3.03. The van der Waals surface area contributed by atoms with E-state index < -0.39 is 0 Å². The van der Waals surface area contributed by atoms with Crippen molar-refractivity contribution in [3.8, 4) is 0 Å². The topological polar surface area (TPSA) is 26.3 Å². The zero-order chi connectivity index (χ0) is 11.4. The normalized spacial score (nSPS) is 23.6. The highest BCUT2D eigenvalue weighted by atomic mass is 16.5. The van der Waals surface area contributed by atoms with Crippen molar-refractivity contribution in [1.29, 1.82) is 0 Å². The van der Waals surface area contributed by atoms with Gasteiger partial charge in [0.25, 0.3) is 0 Å². The number of benzene rings is 1. The zero-order valence-electron chi connectivity index (χ0n) is 9.69. The molecule has 0 bridgehead atoms. The SMILES string of the molecule is CC1CCC1CC(=O)OCc1ccccc1. The summed E-state index contributed by atoms with van der Waals surface area (Å²) in [6, 6.07) is 9.81. The van der Waals surface area contributed by atoms with Crippen LogP contribution in [-0.2, 0) is 16.1 Å². The zero-order valence-corrected chi connectivity index (χ0v) is 9.69. The van der Waals surface area contributed by atoms with E-state index in [2.05, 4.69) is 6.92 Å². The third-order valence-electron chi connectivity index (χ3n) is 3.47. The van der Waals surface area contributed by atoms with E-state index in [9.17, 15) is 4.79 Å². The van der Waals surface area contributed by atoms with Crippen LogP contribution in [-0.4, -0.2) is 5.97 Å². The molecule has 0 amide bonds. The average molecular weight is 218 g/mol. The van der Waals surface area contributed by atoms with E-state index in [-0.39, 0.29) is 5.97 Å². The molecule has 2 heteroatoms. The van der Waals surface area contributed by atoms with Crippen LogP contribution in [0.2, 0.25) is 0 Å². The van der Waals surface area contributed by atoms with Crippen molar-refractivity contribution in [1.82, 2.24) is 0 Å². The monoisotopic (exact) mass is 218 g/mol. The Morgan fingerprint density at radius 1 is 1.31 bits per heavy atom. The largest absolute Gasteiger partial charge is 0.461 e. The molecule has 1 aliphatic carbocycles. The Labute approximate surface area is 96.6 Å². The van der Waals surface area contributed by atoms with Gasteiger partial charge in [-0.15, -0.1) is 0 Å². The number of hydrogen-bond acceptors (Lipinski definition) is 2.